The van der Waals surface area contributed by atoms with Gasteiger partial charge in [0.15, 0.2) is 0 Å². The number of nitrogens with one attached hydrogen (secondary N) is 2. The highest BCUT2D eigenvalue weighted by molar-refractivity contribution is 7.90. The van der Waals surface area contributed by atoms with Crippen molar-refractivity contribution in [1.29, 1.82) is 0 Å². The zero-order valence-electron chi connectivity index (χ0n) is 10.4. The first-order valence-corrected chi connectivity index (χ1v) is 8.04. The van der Waals surface area contributed by atoms with Crippen LogP contribution in [0, 0.1) is 6.92 Å². The summed E-state index contributed by atoms with van der Waals surface area (Å²) in [6, 6.07) is 3.17. The summed E-state index contributed by atoms with van der Waals surface area (Å²) in [5, 5.41) is 3.91. The largest absolute Gasteiger partial charge is 0.314 e. The predicted octanol–water partition coefficient (Wildman–Crippen LogP) is 1.86. The second-order valence-corrected chi connectivity index (χ2v) is 6.82. The first kappa shape index (κ1) is 14.9. The van der Waals surface area contributed by atoms with E-state index in [1.165, 1.54) is 10.4 Å². The molecule has 0 aromatic heterocycles. The summed E-state index contributed by atoms with van der Waals surface area (Å²) < 4.78 is 28.2. The molecular weight excluding hydrogens is 309 g/mol. The van der Waals surface area contributed by atoms with E-state index >= 15 is 0 Å². The van der Waals surface area contributed by atoms with E-state index in [1.54, 1.807) is 6.07 Å². The van der Waals surface area contributed by atoms with Crippen molar-refractivity contribution in [3.05, 3.63) is 27.7 Å². The lowest BCUT2D eigenvalue weighted by Crippen LogP contribution is -2.48. The number of nitrogens with zero attached hydrogens (tertiary/aromatic N) is 1. The molecule has 1 aromatic carbocycles. The van der Waals surface area contributed by atoms with Crippen LogP contribution in [0.5, 0.6) is 0 Å². The van der Waals surface area contributed by atoms with Crippen LogP contribution in [0.3, 0.4) is 0 Å². The highest BCUT2D eigenvalue weighted by Crippen LogP contribution is 2.29. The van der Waals surface area contributed by atoms with Crippen LogP contribution >= 0.6 is 23.2 Å². The lowest BCUT2D eigenvalue weighted by molar-refractivity contribution is 0.362. The minimum absolute atomic E-state index is 0.302. The van der Waals surface area contributed by atoms with Crippen LogP contribution in [-0.4, -0.2) is 38.9 Å². The van der Waals surface area contributed by atoms with Crippen molar-refractivity contribution in [2.75, 3.05) is 30.9 Å². The highest BCUT2D eigenvalue weighted by Gasteiger charge is 2.24. The summed E-state index contributed by atoms with van der Waals surface area (Å²) in [6.07, 6.45) is 0. The van der Waals surface area contributed by atoms with Crippen LogP contribution in [0.15, 0.2) is 12.1 Å². The van der Waals surface area contributed by atoms with Crippen LogP contribution in [-0.2, 0) is 10.2 Å². The van der Waals surface area contributed by atoms with Crippen molar-refractivity contribution in [1.82, 2.24) is 9.62 Å². The first-order chi connectivity index (χ1) is 8.90. The Balaban J connectivity index is 2.22. The van der Waals surface area contributed by atoms with Gasteiger partial charge < -0.3 is 5.32 Å². The molecule has 106 valence electrons. The standard InChI is InChI=1S/C11H15Cl2N3O2S/c1-8-6-10(13)11(7-9(8)12)15-19(17,18)16-4-2-14-3-5-16/h6-7,14-15H,2-5H2,1H3. The molecule has 0 spiro atoms. The normalized spacial score (nSPS) is 17.4. The average Bonchev–Trinajstić information content (AvgIpc) is 2.37. The third kappa shape index (κ3) is 3.52. The van der Waals surface area contributed by atoms with Gasteiger partial charge in [-0.05, 0) is 24.6 Å². The zero-order valence-corrected chi connectivity index (χ0v) is 12.7. The summed E-state index contributed by atoms with van der Waals surface area (Å²) in [7, 11) is -3.59. The highest BCUT2D eigenvalue weighted by atomic mass is 35.5. The number of anilines is 1. The smallest absolute Gasteiger partial charge is 0.301 e. The molecule has 0 bridgehead atoms. The quantitative estimate of drug-likeness (QED) is 0.892. The molecule has 0 aliphatic carbocycles. The first-order valence-electron chi connectivity index (χ1n) is 5.84. The van der Waals surface area contributed by atoms with Crippen molar-refractivity contribution in [3.63, 3.8) is 0 Å². The second-order valence-electron chi connectivity index (χ2n) is 4.34. The molecule has 8 heteroatoms. The van der Waals surface area contributed by atoms with Crippen molar-refractivity contribution < 1.29 is 8.42 Å². The van der Waals surface area contributed by atoms with E-state index in [1.807, 2.05) is 6.92 Å². The van der Waals surface area contributed by atoms with E-state index in [-0.39, 0.29) is 0 Å². The van der Waals surface area contributed by atoms with Crippen LogP contribution in [0.1, 0.15) is 5.56 Å². The van der Waals surface area contributed by atoms with Crippen molar-refractivity contribution in [2.45, 2.75) is 6.92 Å². The van der Waals surface area contributed by atoms with E-state index in [4.69, 9.17) is 23.2 Å². The number of halogens is 2. The topological polar surface area (TPSA) is 61.4 Å². The van der Waals surface area contributed by atoms with Crippen LogP contribution in [0.25, 0.3) is 0 Å². The summed E-state index contributed by atoms with van der Waals surface area (Å²) in [5.41, 5.74) is 1.10. The molecule has 0 radical (unpaired) electrons. The molecule has 19 heavy (non-hydrogen) atoms. The summed E-state index contributed by atoms with van der Waals surface area (Å²) >= 11 is 12.0. The molecule has 0 atom stereocenters. The monoisotopic (exact) mass is 323 g/mol. The fraction of sp³-hybridized carbons (Fsp3) is 0.455. The van der Waals surface area contributed by atoms with Gasteiger partial charge in [-0.1, -0.05) is 23.2 Å². The third-order valence-electron chi connectivity index (χ3n) is 2.90. The molecule has 0 saturated carbocycles. The third-order valence-corrected chi connectivity index (χ3v) is 5.15. The fourth-order valence-electron chi connectivity index (χ4n) is 1.81. The van der Waals surface area contributed by atoms with Gasteiger partial charge in [0.1, 0.15) is 0 Å². The number of hydrogen-bond acceptors (Lipinski definition) is 3. The van der Waals surface area contributed by atoms with E-state index in [0.717, 1.165) is 5.56 Å². The Hall–Kier alpha value is -0.530. The van der Waals surface area contributed by atoms with E-state index in [9.17, 15) is 8.42 Å². The Kier molecular flexibility index (Phi) is 4.58. The predicted molar refractivity (Wildman–Crippen MR) is 78.2 cm³/mol. The van der Waals surface area contributed by atoms with Gasteiger partial charge in [-0.25, -0.2) is 0 Å². The second kappa shape index (κ2) is 5.85. The van der Waals surface area contributed by atoms with Crippen molar-refractivity contribution in [2.24, 2.45) is 0 Å². The maximum Gasteiger partial charge on any atom is 0.301 e. The summed E-state index contributed by atoms with van der Waals surface area (Å²) in [6.45, 7) is 3.97. The summed E-state index contributed by atoms with van der Waals surface area (Å²) in [5.74, 6) is 0. The Morgan fingerprint density at radius 1 is 1.21 bits per heavy atom. The van der Waals surface area contributed by atoms with Gasteiger partial charge >= 0.3 is 10.2 Å². The van der Waals surface area contributed by atoms with E-state index < -0.39 is 10.2 Å². The van der Waals surface area contributed by atoms with Crippen molar-refractivity contribution in [3.8, 4) is 0 Å². The van der Waals surface area contributed by atoms with Crippen LogP contribution < -0.4 is 10.0 Å². The lowest BCUT2D eigenvalue weighted by atomic mass is 10.2. The Bertz CT molecular complexity index is 572. The van der Waals surface area contributed by atoms with Crippen LogP contribution in [0.2, 0.25) is 10.0 Å². The maximum atomic E-state index is 12.2. The number of hydrogen-bond donors (Lipinski definition) is 2. The molecule has 1 saturated heterocycles. The molecule has 1 aromatic rings. The number of piperazine rings is 1. The van der Waals surface area contributed by atoms with Gasteiger partial charge in [-0.15, -0.1) is 0 Å². The lowest BCUT2D eigenvalue weighted by Gasteiger charge is -2.27. The molecule has 5 nitrogen and oxygen atoms in total. The molecular formula is C11H15Cl2N3O2S. The van der Waals surface area contributed by atoms with Gasteiger partial charge in [0, 0.05) is 31.2 Å². The Morgan fingerprint density at radius 3 is 2.47 bits per heavy atom. The average molecular weight is 324 g/mol. The molecule has 0 amide bonds. The molecule has 1 aliphatic heterocycles. The molecule has 1 heterocycles. The molecule has 1 fully saturated rings. The maximum absolute atomic E-state index is 12.2. The Morgan fingerprint density at radius 2 is 1.84 bits per heavy atom. The van der Waals surface area contributed by atoms with Gasteiger partial charge in [0.25, 0.3) is 0 Å². The summed E-state index contributed by atoms with van der Waals surface area (Å²) in [4.78, 5) is 0. The molecule has 0 unspecified atom stereocenters. The molecule has 1 aliphatic rings. The molecule has 2 rings (SSSR count). The van der Waals surface area contributed by atoms with Crippen molar-refractivity contribution >= 4 is 39.1 Å². The number of rotatable bonds is 3. The van der Waals surface area contributed by atoms with Gasteiger partial charge in [0.05, 0.1) is 10.7 Å². The molecule has 2 N–H and O–H groups in total. The van der Waals surface area contributed by atoms with E-state index in [2.05, 4.69) is 10.0 Å². The van der Waals surface area contributed by atoms with Crippen LogP contribution in [0.4, 0.5) is 5.69 Å². The van der Waals surface area contributed by atoms with Gasteiger partial charge in [0.2, 0.25) is 0 Å². The zero-order chi connectivity index (χ0) is 14.0. The van der Waals surface area contributed by atoms with Gasteiger partial charge in [-0.2, -0.15) is 12.7 Å². The van der Waals surface area contributed by atoms with Gasteiger partial charge in [-0.3, -0.25) is 4.72 Å². The Labute approximate surface area is 123 Å². The minimum Gasteiger partial charge on any atom is -0.314 e. The number of aryl methyl sites for hydroxylation is 1. The minimum atomic E-state index is -3.59. The van der Waals surface area contributed by atoms with E-state index in [0.29, 0.717) is 41.9 Å². The number of benzene rings is 1. The fourth-order valence-corrected chi connectivity index (χ4v) is 3.54. The SMILES string of the molecule is Cc1cc(Cl)c(NS(=O)(=O)N2CCNCC2)cc1Cl.